The molecule has 0 heterocycles. The molecule has 0 saturated heterocycles. The zero-order chi connectivity index (χ0) is 21.4. The Bertz CT molecular complexity index is 860. The lowest BCUT2D eigenvalue weighted by Gasteiger charge is -2.28. The molecule has 0 aliphatic heterocycles. The van der Waals surface area contributed by atoms with E-state index in [-0.39, 0.29) is 17.6 Å². The third kappa shape index (κ3) is 7.25. The van der Waals surface area contributed by atoms with E-state index in [2.05, 4.69) is 5.32 Å². The molecule has 0 saturated carbocycles. The molecule has 0 aromatic heterocycles. The Hall–Kier alpha value is -1.69. The second-order valence-corrected chi connectivity index (χ2v) is 8.64. The van der Waals surface area contributed by atoms with Gasteiger partial charge >= 0.3 is 0 Å². The maximum Gasteiger partial charge on any atom is 0.242 e. The maximum atomic E-state index is 13.0. The second kappa shape index (κ2) is 11.5. The van der Waals surface area contributed by atoms with Crippen molar-refractivity contribution in [3.63, 3.8) is 0 Å². The first-order chi connectivity index (χ1) is 13.8. The summed E-state index contributed by atoms with van der Waals surface area (Å²) in [5.41, 5.74) is 3.04. The van der Waals surface area contributed by atoms with Crippen LogP contribution in [0.2, 0.25) is 10.0 Å². The Kier molecular flexibility index (Phi) is 9.34. The number of thioether (sulfide) groups is 1. The molecule has 1 N–H and O–H groups in total. The lowest BCUT2D eigenvalue weighted by Crippen LogP contribution is -2.48. The van der Waals surface area contributed by atoms with Crippen molar-refractivity contribution in [2.75, 3.05) is 12.3 Å². The minimum Gasteiger partial charge on any atom is -0.355 e. The van der Waals surface area contributed by atoms with E-state index < -0.39 is 6.04 Å². The number of benzene rings is 2. The number of nitrogens with one attached hydrogen (secondary N) is 1. The first-order valence-corrected chi connectivity index (χ1v) is 11.4. The van der Waals surface area contributed by atoms with Crippen LogP contribution < -0.4 is 5.32 Å². The van der Waals surface area contributed by atoms with Crippen LogP contribution in [0.15, 0.2) is 42.5 Å². The summed E-state index contributed by atoms with van der Waals surface area (Å²) in [4.78, 5) is 27.0. The molecule has 0 aliphatic rings. The lowest BCUT2D eigenvalue weighted by atomic mass is 10.1. The van der Waals surface area contributed by atoms with Gasteiger partial charge in [0.2, 0.25) is 11.8 Å². The number of likely N-dealkylation sites (N-methyl/N-ethyl adjacent to an activating group) is 1. The Morgan fingerprint density at radius 1 is 1.17 bits per heavy atom. The summed E-state index contributed by atoms with van der Waals surface area (Å²) in [5, 5.41) is 3.97. The fourth-order valence-corrected chi connectivity index (χ4v) is 4.35. The SMILES string of the molecule is CCNC(=O)[C@H](C)N(Cc1cccc(C)c1)C(=O)CSCc1ccc(Cl)cc1Cl. The van der Waals surface area contributed by atoms with Gasteiger partial charge in [0.05, 0.1) is 5.75 Å². The molecule has 29 heavy (non-hydrogen) atoms. The molecule has 0 fully saturated rings. The molecule has 1 atom stereocenters. The van der Waals surface area contributed by atoms with Crippen LogP contribution >= 0.6 is 35.0 Å². The molecule has 0 aliphatic carbocycles. The van der Waals surface area contributed by atoms with Crippen LogP contribution in [0.4, 0.5) is 0 Å². The van der Waals surface area contributed by atoms with E-state index in [1.54, 1.807) is 24.0 Å². The van der Waals surface area contributed by atoms with Gasteiger partial charge in [0, 0.05) is 28.9 Å². The zero-order valence-electron chi connectivity index (χ0n) is 16.9. The second-order valence-electron chi connectivity index (χ2n) is 6.81. The summed E-state index contributed by atoms with van der Waals surface area (Å²) in [7, 11) is 0. The molecule has 2 aromatic carbocycles. The summed E-state index contributed by atoms with van der Waals surface area (Å²) in [6, 6.07) is 12.8. The summed E-state index contributed by atoms with van der Waals surface area (Å²) in [5.74, 6) is 0.615. The van der Waals surface area contributed by atoms with Gasteiger partial charge in [0.1, 0.15) is 6.04 Å². The largest absolute Gasteiger partial charge is 0.355 e. The average Bonchev–Trinajstić information content (AvgIpc) is 2.67. The van der Waals surface area contributed by atoms with Gasteiger partial charge in [-0.1, -0.05) is 59.1 Å². The molecule has 2 aromatic rings. The number of halogens is 2. The predicted octanol–water partition coefficient (Wildman–Crippen LogP) is 5.09. The van der Waals surface area contributed by atoms with Crippen LogP contribution in [0, 0.1) is 6.92 Å². The highest BCUT2D eigenvalue weighted by Gasteiger charge is 2.25. The summed E-state index contributed by atoms with van der Waals surface area (Å²) < 4.78 is 0. The third-order valence-corrected chi connectivity index (χ3v) is 6.01. The number of hydrogen-bond acceptors (Lipinski definition) is 3. The lowest BCUT2D eigenvalue weighted by molar-refractivity contribution is -0.138. The van der Waals surface area contributed by atoms with Crippen LogP contribution in [-0.2, 0) is 21.9 Å². The first-order valence-electron chi connectivity index (χ1n) is 9.46. The van der Waals surface area contributed by atoms with Crippen molar-refractivity contribution in [2.24, 2.45) is 0 Å². The van der Waals surface area contributed by atoms with E-state index in [1.807, 2.05) is 44.2 Å². The Balaban J connectivity index is 2.07. The predicted molar refractivity (Wildman–Crippen MR) is 122 cm³/mol. The number of amides is 2. The number of carbonyl (C=O) groups excluding carboxylic acids is 2. The summed E-state index contributed by atoms with van der Waals surface area (Å²) in [6.07, 6.45) is 0. The topological polar surface area (TPSA) is 49.4 Å². The van der Waals surface area contributed by atoms with Crippen molar-refractivity contribution < 1.29 is 9.59 Å². The van der Waals surface area contributed by atoms with Crippen LogP contribution in [0.3, 0.4) is 0 Å². The number of hydrogen-bond donors (Lipinski definition) is 1. The highest BCUT2D eigenvalue weighted by molar-refractivity contribution is 7.99. The molecular weight excluding hydrogens is 427 g/mol. The molecule has 2 rings (SSSR count). The van der Waals surface area contributed by atoms with Crippen molar-refractivity contribution >= 4 is 46.8 Å². The summed E-state index contributed by atoms with van der Waals surface area (Å²) >= 11 is 13.6. The van der Waals surface area contributed by atoms with E-state index >= 15 is 0 Å². The molecule has 2 amide bonds. The summed E-state index contributed by atoms with van der Waals surface area (Å²) in [6.45, 7) is 6.55. The fourth-order valence-electron chi connectivity index (χ4n) is 2.88. The molecule has 7 heteroatoms. The molecule has 0 unspecified atom stereocenters. The number of rotatable bonds is 9. The molecular formula is C22H26Cl2N2O2S. The maximum absolute atomic E-state index is 13.0. The van der Waals surface area contributed by atoms with Crippen molar-refractivity contribution in [2.45, 2.75) is 39.1 Å². The molecule has 156 valence electrons. The minimum atomic E-state index is -0.553. The van der Waals surface area contributed by atoms with E-state index in [0.717, 1.165) is 16.7 Å². The van der Waals surface area contributed by atoms with Gasteiger partial charge in [-0.05, 0) is 44.0 Å². The minimum absolute atomic E-state index is 0.0830. The fraction of sp³-hybridized carbons (Fsp3) is 0.364. The highest BCUT2D eigenvalue weighted by atomic mass is 35.5. The van der Waals surface area contributed by atoms with E-state index in [0.29, 0.717) is 28.9 Å². The standard InChI is InChI=1S/C22H26Cl2N2O2S/c1-4-25-22(28)16(3)26(12-17-7-5-6-15(2)10-17)21(27)14-29-13-18-8-9-19(23)11-20(18)24/h5-11,16H,4,12-14H2,1-3H3,(H,25,28)/t16-/m0/s1. The van der Waals surface area contributed by atoms with E-state index in [1.165, 1.54) is 11.8 Å². The van der Waals surface area contributed by atoms with Crippen LogP contribution in [0.5, 0.6) is 0 Å². The molecule has 0 bridgehead atoms. The molecule has 0 radical (unpaired) electrons. The highest BCUT2D eigenvalue weighted by Crippen LogP contribution is 2.25. The van der Waals surface area contributed by atoms with Gasteiger partial charge in [-0.2, -0.15) is 0 Å². The molecule has 0 spiro atoms. The van der Waals surface area contributed by atoms with Crippen LogP contribution in [0.25, 0.3) is 0 Å². The van der Waals surface area contributed by atoms with Crippen LogP contribution in [0.1, 0.15) is 30.5 Å². The third-order valence-electron chi connectivity index (χ3n) is 4.45. The van der Waals surface area contributed by atoms with Crippen LogP contribution in [-0.4, -0.2) is 35.1 Å². The van der Waals surface area contributed by atoms with Gasteiger partial charge in [0.25, 0.3) is 0 Å². The monoisotopic (exact) mass is 452 g/mol. The van der Waals surface area contributed by atoms with Gasteiger partial charge < -0.3 is 10.2 Å². The van der Waals surface area contributed by atoms with Gasteiger partial charge in [-0.25, -0.2) is 0 Å². The smallest absolute Gasteiger partial charge is 0.242 e. The average molecular weight is 453 g/mol. The van der Waals surface area contributed by atoms with Crippen molar-refractivity contribution in [3.8, 4) is 0 Å². The number of aryl methyl sites for hydroxylation is 1. The van der Waals surface area contributed by atoms with E-state index in [4.69, 9.17) is 23.2 Å². The Morgan fingerprint density at radius 3 is 2.59 bits per heavy atom. The van der Waals surface area contributed by atoms with Crippen molar-refractivity contribution in [1.29, 1.82) is 0 Å². The van der Waals surface area contributed by atoms with Gasteiger partial charge in [-0.3, -0.25) is 9.59 Å². The normalized spacial score (nSPS) is 11.8. The first kappa shape index (κ1) is 23.6. The van der Waals surface area contributed by atoms with Crippen molar-refractivity contribution in [1.82, 2.24) is 10.2 Å². The zero-order valence-corrected chi connectivity index (χ0v) is 19.2. The Labute approximate surface area is 187 Å². The van der Waals surface area contributed by atoms with Gasteiger partial charge in [0.15, 0.2) is 0 Å². The Morgan fingerprint density at radius 2 is 1.93 bits per heavy atom. The van der Waals surface area contributed by atoms with Gasteiger partial charge in [-0.15, -0.1) is 11.8 Å². The van der Waals surface area contributed by atoms with E-state index in [9.17, 15) is 9.59 Å². The van der Waals surface area contributed by atoms with Crippen molar-refractivity contribution in [3.05, 3.63) is 69.2 Å². The molecule has 4 nitrogen and oxygen atoms in total. The quantitative estimate of drug-likeness (QED) is 0.576. The number of carbonyl (C=O) groups is 2. The number of nitrogens with zero attached hydrogens (tertiary/aromatic N) is 1.